The molecule has 20 heavy (non-hydrogen) atoms. The van der Waals surface area contributed by atoms with Crippen LogP contribution in [0.4, 0.5) is 0 Å². The van der Waals surface area contributed by atoms with Crippen LogP contribution in [0.15, 0.2) is 23.1 Å². The first-order valence-electron chi connectivity index (χ1n) is 5.63. The molecule has 8 heteroatoms. The van der Waals surface area contributed by atoms with Crippen molar-refractivity contribution in [1.29, 1.82) is 5.26 Å². The van der Waals surface area contributed by atoms with Gasteiger partial charge in [-0.25, -0.2) is 8.42 Å². The van der Waals surface area contributed by atoms with Crippen LogP contribution in [0.25, 0.3) is 0 Å². The largest absolute Gasteiger partial charge is 0.480 e. The van der Waals surface area contributed by atoms with Crippen LogP contribution in [0.5, 0.6) is 0 Å². The molecule has 0 saturated heterocycles. The Morgan fingerprint density at radius 1 is 1.55 bits per heavy atom. The molecular formula is C12H13ClN2O4S. The second kappa shape index (κ2) is 5.79. The molecule has 0 aliphatic carbocycles. The molecule has 0 spiro atoms. The Hall–Kier alpha value is -1.62. The Morgan fingerprint density at radius 3 is 2.55 bits per heavy atom. The summed E-state index contributed by atoms with van der Waals surface area (Å²) < 4.78 is 26.4. The molecule has 0 bridgehead atoms. The van der Waals surface area contributed by atoms with E-state index in [9.17, 15) is 13.2 Å². The van der Waals surface area contributed by atoms with Gasteiger partial charge >= 0.3 is 5.97 Å². The molecule has 2 N–H and O–H groups in total. The van der Waals surface area contributed by atoms with Gasteiger partial charge in [0.1, 0.15) is 11.6 Å². The van der Waals surface area contributed by atoms with Crippen LogP contribution in [-0.2, 0) is 14.8 Å². The molecule has 0 fully saturated rings. The number of carboxylic acid groups (broad SMARTS) is 1. The quantitative estimate of drug-likeness (QED) is 0.860. The van der Waals surface area contributed by atoms with Gasteiger partial charge in [0.2, 0.25) is 10.0 Å². The summed E-state index contributed by atoms with van der Waals surface area (Å²) in [4.78, 5) is 10.9. The Kier molecular flexibility index (Phi) is 4.76. The molecule has 0 heterocycles. The number of hydrogen-bond donors (Lipinski definition) is 2. The van der Waals surface area contributed by atoms with Gasteiger partial charge in [0.15, 0.2) is 0 Å². The summed E-state index contributed by atoms with van der Waals surface area (Å²) in [5.74, 6) is -1.27. The number of aliphatic carboxylic acids is 1. The Balaban J connectivity index is 3.22. The number of rotatable bonds is 5. The van der Waals surface area contributed by atoms with E-state index in [1.807, 2.05) is 6.07 Å². The van der Waals surface area contributed by atoms with Crippen molar-refractivity contribution in [2.45, 2.75) is 30.7 Å². The average Bonchev–Trinajstić information content (AvgIpc) is 2.37. The van der Waals surface area contributed by atoms with Crippen molar-refractivity contribution in [1.82, 2.24) is 4.72 Å². The summed E-state index contributed by atoms with van der Waals surface area (Å²) in [6.45, 7) is 2.83. The number of nitrogens with one attached hydrogen (secondary N) is 1. The molecule has 0 radical (unpaired) electrons. The normalized spacial score (nSPS) is 14.3. The minimum Gasteiger partial charge on any atom is -0.480 e. The van der Waals surface area contributed by atoms with Crippen molar-refractivity contribution < 1.29 is 18.3 Å². The minimum atomic E-state index is -4.05. The van der Waals surface area contributed by atoms with Crippen LogP contribution in [0.3, 0.4) is 0 Å². The van der Waals surface area contributed by atoms with Gasteiger partial charge in [0.25, 0.3) is 0 Å². The third kappa shape index (κ3) is 3.28. The highest BCUT2D eigenvalue weighted by atomic mass is 35.5. The maximum atomic E-state index is 12.1. The number of nitrogens with zero attached hydrogens (tertiary/aromatic N) is 1. The zero-order valence-electron chi connectivity index (χ0n) is 10.8. The molecule has 1 aromatic rings. The van der Waals surface area contributed by atoms with E-state index < -0.39 is 21.5 Å². The molecular weight excluding hydrogens is 304 g/mol. The Morgan fingerprint density at radius 2 is 2.15 bits per heavy atom. The van der Waals surface area contributed by atoms with E-state index in [4.69, 9.17) is 22.0 Å². The highest BCUT2D eigenvalue weighted by molar-refractivity contribution is 7.89. The van der Waals surface area contributed by atoms with Crippen LogP contribution >= 0.6 is 11.6 Å². The molecule has 0 aliphatic heterocycles. The van der Waals surface area contributed by atoms with E-state index >= 15 is 0 Å². The molecule has 1 unspecified atom stereocenters. The first kappa shape index (κ1) is 16.4. The highest BCUT2D eigenvalue weighted by Gasteiger charge is 2.36. The maximum absolute atomic E-state index is 12.1. The third-order valence-electron chi connectivity index (χ3n) is 2.91. The monoisotopic (exact) mass is 316 g/mol. The minimum absolute atomic E-state index is 0.0103. The first-order chi connectivity index (χ1) is 9.16. The SMILES string of the molecule is CCC(C)(NS(=O)(=O)c1ccc(C#N)c(Cl)c1)C(=O)O. The second-order valence-corrected chi connectivity index (χ2v) is 6.44. The van der Waals surface area contributed by atoms with Crippen molar-refractivity contribution in [3.8, 4) is 6.07 Å². The Labute approximate surface area is 122 Å². The standard InChI is InChI=1S/C12H13ClN2O4S/c1-3-12(2,11(16)17)15-20(18,19)9-5-4-8(7-14)10(13)6-9/h4-6,15H,3H2,1-2H3,(H,16,17). The lowest BCUT2D eigenvalue weighted by atomic mass is 10.0. The van der Waals surface area contributed by atoms with Crippen LogP contribution in [-0.4, -0.2) is 25.0 Å². The topological polar surface area (TPSA) is 107 Å². The van der Waals surface area contributed by atoms with Gasteiger partial charge < -0.3 is 5.11 Å². The maximum Gasteiger partial charge on any atom is 0.324 e. The molecule has 0 saturated carbocycles. The van der Waals surface area contributed by atoms with Gasteiger partial charge in [-0.15, -0.1) is 0 Å². The molecule has 0 amide bonds. The number of sulfonamides is 1. The summed E-state index contributed by atoms with van der Waals surface area (Å²) >= 11 is 5.77. The molecule has 6 nitrogen and oxygen atoms in total. The van der Waals surface area contributed by atoms with Crippen LogP contribution < -0.4 is 4.72 Å². The van der Waals surface area contributed by atoms with E-state index in [1.165, 1.54) is 19.1 Å². The van der Waals surface area contributed by atoms with Gasteiger partial charge in [-0.3, -0.25) is 4.79 Å². The smallest absolute Gasteiger partial charge is 0.324 e. The number of carbonyl (C=O) groups is 1. The number of halogens is 1. The van der Waals surface area contributed by atoms with E-state index in [2.05, 4.69) is 4.72 Å². The van der Waals surface area contributed by atoms with Crippen molar-refractivity contribution in [3.63, 3.8) is 0 Å². The summed E-state index contributed by atoms with van der Waals surface area (Å²) in [5.41, 5.74) is -1.47. The summed E-state index contributed by atoms with van der Waals surface area (Å²) in [7, 11) is -4.05. The first-order valence-corrected chi connectivity index (χ1v) is 7.49. The molecule has 1 rings (SSSR count). The molecule has 0 aliphatic rings. The average molecular weight is 317 g/mol. The lowest BCUT2D eigenvalue weighted by molar-refractivity contribution is -0.143. The van der Waals surface area contributed by atoms with Crippen LogP contribution in [0, 0.1) is 11.3 Å². The van der Waals surface area contributed by atoms with Crippen molar-refractivity contribution in [2.24, 2.45) is 0 Å². The molecule has 1 atom stereocenters. The summed E-state index contributed by atoms with van der Waals surface area (Å²) in [5, 5.41) is 17.8. The van der Waals surface area contributed by atoms with E-state index in [0.29, 0.717) is 0 Å². The predicted molar refractivity (Wildman–Crippen MR) is 72.8 cm³/mol. The Bertz CT molecular complexity index is 681. The number of carboxylic acids is 1. The van der Waals surface area contributed by atoms with E-state index in [1.54, 1.807) is 6.92 Å². The number of hydrogen-bond acceptors (Lipinski definition) is 4. The lowest BCUT2D eigenvalue weighted by Gasteiger charge is -2.24. The van der Waals surface area contributed by atoms with Crippen LogP contribution in [0.2, 0.25) is 5.02 Å². The summed E-state index contributed by atoms with van der Waals surface area (Å²) in [6, 6.07) is 5.39. The van der Waals surface area contributed by atoms with Gasteiger partial charge in [0.05, 0.1) is 15.5 Å². The van der Waals surface area contributed by atoms with Crippen molar-refractivity contribution >= 4 is 27.6 Å². The van der Waals surface area contributed by atoms with Gasteiger partial charge in [0, 0.05) is 0 Å². The lowest BCUT2D eigenvalue weighted by Crippen LogP contribution is -2.51. The predicted octanol–water partition coefficient (Wildman–Crippen LogP) is 1.74. The fraction of sp³-hybridized carbons (Fsp3) is 0.333. The number of benzene rings is 1. The molecule has 1 aromatic carbocycles. The summed E-state index contributed by atoms with van der Waals surface area (Å²) in [6.07, 6.45) is 0.0750. The van der Waals surface area contributed by atoms with E-state index in [0.717, 1.165) is 6.07 Å². The second-order valence-electron chi connectivity index (χ2n) is 4.35. The van der Waals surface area contributed by atoms with Crippen LogP contribution in [0.1, 0.15) is 25.8 Å². The molecule has 108 valence electrons. The molecule has 0 aromatic heterocycles. The van der Waals surface area contributed by atoms with Gasteiger partial charge in [-0.2, -0.15) is 9.98 Å². The fourth-order valence-electron chi connectivity index (χ4n) is 1.38. The number of nitriles is 1. The van der Waals surface area contributed by atoms with Crippen molar-refractivity contribution in [3.05, 3.63) is 28.8 Å². The zero-order chi connectivity index (χ0) is 15.6. The van der Waals surface area contributed by atoms with Gasteiger partial charge in [-0.05, 0) is 31.5 Å². The fourth-order valence-corrected chi connectivity index (χ4v) is 3.13. The van der Waals surface area contributed by atoms with E-state index in [-0.39, 0.29) is 21.9 Å². The zero-order valence-corrected chi connectivity index (χ0v) is 12.4. The third-order valence-corrected chi connectivity index (χ3v) is 4.82. The van der Waals surface area contributed by atoms with Gasteiger partial charge in [-0.1, -0.05) is 18.5 Å². The highest BCUT2D eigenvalue weighted by Crippen LogP contribution is 2.22. The van der Waals surface area contributed by atoms with Crippen molar-refractivity contribution in [2.75, 3.05) is 0 Å².